The van der Waals surface area contributed by atoms with Gasteiger partial charge in [-0.1, -0.05) is 54.6 Å². The standard InChI is InChI=1S/C24H24O5/c1-28-23(26)21-18-11-12-19(13-18)22(21)24(27)29-14-20(25)17-9-7-16(8-10-17)15-5-3-2-4-6-15/h2-10,18-19,21-22H,11-14H2,1H3/t18-,19-,21+,22-/m0/s1. The van der Waals surface area contributed by atoms with Gasteiger partial charge in [-0.15, -0.1) is 0 Å². The molecule has 2 aliphatic rings. The van der Waals surface area contributed by atoms with E-state index in [2.05, 4.69) is 0 Å². The number of carbonyl (C=O) groups is 3. The molecule has 5 heteroatoms. The molecule has 5 nitrogen and oxygen atoms in total. The van der Waals surface area contributed by atoms with Crippen LogP contribution in [0.4, 0.5) is 0 Å². The second-order valence-electron chi connectivity index (χ2n) is 7.88. The van der Waals surface area contributed by atoms with Crippen molar-refractivity contribution in [1.82, 2.24) is 0 Å². The lowest BCUT2D eigenvalue weighted by Crippen LogP contribution is -2.37. The number of esters is 2. The maximum absolute atomic E-state index is 12.7. The average molecular weight is 392 g/mol. The van der Waals surface area contributed by atoms with Gasteiger partial charge in [-0.2, -0.15) is 0 Å². The molecular weight excluding hydrogens is 368 g/mol. The second-order valence-corrected chi connectivity index (χ2v) is 7.88. The fourth-order valence-electron chi connectivity index (χ4n) is 4.90. The number of ketones is 1. The van der Waals surface area contributed by atoms with Gasteiger partial charge in [0.25, 0.3) is 0 Å². The molecule has 0 radical (unpaired) electrons. The first kappa shape index (κ1) is 19.4. The molecule has 0 aromatic heterocycles. The fraction of sp³-hybridized carbons (Fsp3) is 0.375. The molecule has 0 N–H and O–H groups in total. The van der Waals surface area contributed by atoms with E-state index >= 15 is 0 Å². The quantitative estimate of drug-likeness (QED) is 0.551. The van der Waals surface area contributed by atoms with E-state index in [-0.39, 0.29) is 30.2 Å². The molecule has 2 aromatic carbocycles. The van der Waals surface area contributed by atoms with E-state index in [9.17, 15) is 14.4 Å². The van der Waals surface area contributed by atoms with Crippen LogP contribution in [0.15, 0.2) is 54.6 Å². The number of ether oxygens (including phenoxy) is 2. The molecule has 4 rings (SSSR count). The molecule has 0 amide bonds. The third kappa shape index (κ3) is 3.82. The Hall–Kier alpha value is -2.95. The van der Waals surface area contributed by atoms with Crippen LogP contribution in [0, 0.1) is 23.7 Å². The van der Waals surface area contributed by atoms with Crippen molar-refractivity contribution in [3.8, 4) is 11.1 Å². The zero-order chi connectivity index (χ0) is 20.4. The Kier molecular flexibility index (Phi) is 5.47. The minimum absolute atomic E-state index is 0.150. The maximum atomic E-state index is 12.7. The third-order valence-corrected chi connectivity index (χ3v) is 6.32. The van der Waals surface area contributed by atoms with Crippen molar-refractivity contribution in [2.75, 3.05) is 13.7 Å². The maximum Gasteiger partial charge on any atom is 0.310 e. The molecule has 0 saturated heterocycles. The van der Waals surface area contributed by atoms with Crippen molar-refractivity contribution in [2.45, 2.75) is 19.3 Å². The fourth-order valence-corrected chi connectivity index (χ4v) is 4.90. The Morgan fingerprint density at radius 3 is 2.03 bits per heavy atom. The Morgan fingerprint density at radius 1 is 0.828 bits per heavy atom. The smallest absolute Gasteiger partial charge is 0.310 e. The molecule has 0 unspecified atom stereocenters. The Morgan fingerprint density at radius 2 is 1.41 bits per heavy atom. The van der Waals surface area contributed by atoms with Crippen LogP contribution in [0.5, 0.6) is 0 Å². The van der Waals surface area contributed by atoms with E-state index < -0.39 is 17.8 Å². The first-order valence-corrected chi connectivity index (χ1v) is 10.0. The molecule has 4 atom stereocenters. The highest BCUT2D eigenvalue weighted by atomic mass is 16.5. The summed E-state index contributed by atoms with van der Waals surface area (Å²) in [5, 5.41) is 0. The van der Waals surface area contributed by atoms with Crippen molar-refractivity contribution in [1.29, 1.82) is 0 Å². The minimum atomic E-state index is -0.491. The van der Waals surface area contributed by atoms with Crippen LogP contribution in [-0.2, 0) is 19.1 Å². The van der Waals surface area contributed by atoms with E-state index in [0.717, 1.165) is 30.4 Å². The highest BCUT2D eigenvalue weighted by Gasteiger charge is 2.55. The van der Waals surface area contributed by atoms with Crippen molar-refractivity contribution >= 4 is 17.7 Å². The summed E-state index contributed by atoms with van der Waals surface area (Å²) >= 11 is 0. The summed E-state index contributed by atoms with van der Waals surface area (Å²) in [6, 6.07) is 17.1. The molecule has 2 saturated carbocycles. The van der Waals surface area contributed by atoms with Crippen LogP contribution >= 0.6 is 0 Å². The highest BCUT2D eigenvalue weighted by molar-refractivity contribution is 5.98. The van der Waals surface area contributed by atoms with E-state index in [4.69, 9.17) is 9.47 Å². The molecule has 2 fully saturated rings. The summed E-state index contributed by atoms with van der Waals surface area (Å²) in [6.45, 7) is -0.314. The number of rotatable bonds is 6. The molecular formula is C24H24O5. The molecule has 2 aromatic rings. The monoisotopic (exact) mass is 392 g/mol. The summed E-state index contributed by atoms with van der Waals surface area (Å²) in [5.74, 6) is -1.65. The zero-order valence-corrected chi connectivity index (χ0v) is 16.4. The molecule has 0 aliphatic heterocycles. The lowest BCUT2D eigenvalue weighted by atomic mass is 9.79. The number of hydrogen-bond acceptors (Lipinski definition) is 5. The van der Waals surface area contributed by atoms with Crippen LogP contribution in [-0.4, -0.2) is 31.4 Å². The number of fused-ring (bicyclic) bond motifs is 2. The van der Waals surface area contributed by atoms with E-state index in [1.54, 1.807) is 12.1 Å². The van der Waals surface area contributed by atoms with Crippen molar-refractivity contribution < 1.29 is 23.9 Å². The van der Waals surface area contributed by atoms with Gasteiger partial charge >= 0.3 is 11.9 Å². The Balaban J connectivity index is 1.38. The van der Waals surface area contributed by atoms with E-state index in [1.807, 2.05) is 42.5 Å². The van der Waals surface area contributed by atoms with Gasteiger partial charge in [0.05, 0.1) is 18.9 Å². The van der Waals surface area contributed by atoms with E-state index in [0.29, 0.717) is 5.56 Å². The first-order chi connectivity index (χ1) is 14.1. The molecule has 150 valence electrons. The largest absolute Gasteiger partial charge is 0.469 e. The number of hydrogen-bond donors (Lipinski definition) is 0. The average Bonchev–Trinajstić information content (AvgIpc) is 3.39. The van der Waals surface area contributed by atoms with Gasteiger partial charge in [0.2, 0.25) is 0 Å². The van der Waals surface area contributed by atoms with Crippen molar-refractivity contribution in [3.63, 3.8) is 0 Å². The molecule has 2 aliphatic carbocycles. The lowest BCUT2D eigenvalue weighted by molar-refractivity contribution is -0.161. The van der Waals surface area contributed by atoms with E-state index in [1.165, 1.54) is 7.11 Å². The summed E-state index contributed by atoms with van der Waals surface area (Å²) in [7, 11) is 1.35. The van der Waals surface area contributed by atoms with Crippen LogP contribution in [0.3, 0.4) is 0 Å². The number of benzene rings is 2. The van der Waals surface area contributed by atoms with Crippen molar-refractivity contribution in [2.24, 2.45) is 23.7 Å². The third-order valence-electron chi connectivity index (χ3n) is 6.32. The zero-order valence-electron chi connectivity index (χ0n) is 16.4. The van der Waals surface area contributed by atoms with Gasteiger partial charge in [-0.05, 0) is 42.2 Å². The second kappa shape index (κ2) is 8.19. The molecule has 2 bridgehead atoms. The molecule has 29 heavy (non-hydrogen) atoms. The molecule has 0 spiro atoms. The summed E-state index contributed by atoms with van der Waals surface area (Å²) < 4.78 is 10.2. The Labute approximate surface area is 170 Å². The highest BCUT2D eigenvalue weighted by Crippen LogP contribution is 2.53. The van der Waals surface area contributed by atoms with Crippen molar-refractivity contribution in [3.05, 3.63) is 60.2 Å². The van der Waals surface area contributed by atoms with Crippen LogP contribution in [0.2, 0.25) is 0 Å². The lowest BCUT2D eigenvalue weighted by Gasteiger charge is -2.27. The number of carbonyl (C=O) groups excluding carboxylic acids is 3. The minimum Gasteiger partial charge on any atom is -0.469 e. The summed E-state index contributed by atoms with van der Waals surface area (Å²) in [5.41, 5.74) is 2.58. The van der Waals surface area contributed by atoms with Crippen LogP contribution < -0.4 is 0 Å². The first-order valence-electron chi connectivity index (χ1n) is 10.0. The number of Topliss-reactive ketones (excluding diaryl/α,β-unsaturated/α-hetero) is 1. The number of methoxy groups -OCH3 is 1. The van der Waals surface area contributed by atoms with Gasteiger partial charge < -0.3 is 9.47 Å². The summed E-state index contributed by atoms with van der Waals surface area (Å²) in [4.78, 5) is 37.3. The SMILES string of the molecule is COC(=O)[C@@H]1[C@H]2CC[C@@H](C2)[C@@H]1C(=O)OCC(=O)c1ccc(-c2ccccc2)cc1. The topological polar surface area (TPSA) is 69.7 Å². The van der Waals surface area contributed by atoms with Gasteiger partial charge in [0.1, 0.15) is 0 Å². The van der Waals surface area contributed by atoms with Gasteiger partial charge in [-0.3, -0.25) is 14.4 Å². The van der Waals surface area contributed by atoms with Crippen LogP contribution in [0.1, 0.15) is 29.6 Å². The van der Waals surface area contributed by atoms with Gasteiger partial charge in [0.15, 0.2) is 12.4 Å². The Bertz CT molecular complexity index is 903. The molecule has 0 heterocycles. The summed E-state index contributed by atoms with van der Waals surface area (Å²) in [6.07, 6.45) is 2.72. The predicted molar refractivity (Wildman–Crippen MR) is 107 cm³/mol. The van der Waals surface area contributed by atoms with Gasteiger partial charge in [-0.25, -0.2) is 0 Å². The normalized spacial score (nSPS) is 24.9. The predicted octanol–water partition coefficient (Wildman–Crippen LogP) is 3.91. The van der Waals surface area contributed by atoms with Crippen LogP contribution in [0.25, 0.3) is 11.1 Å². The van der Waals surface area contributed by atoms with Gasteiger partial charge in [0, 0.05) is 5.56 Å².